The van der Waals surface area contributed by atoms with Gasteiger partial charge in [-0.05, 0) is 56.4 Å². The number of benzene rings is 1. The molecule has 5 nitrogen and oxygen atoms in total. The largest absolute Gasteiger partial charge is 0.347 e. The Morgan fingerprint density at radius 1 is 1.27 bits per heavy atom. The summed E-state index contributed by atoms with van der Waals surface area (Å²) in [5, 5.41) is 2.85. The number of hydrogen-bond donors (Lipinski definition) is 1. The van der Waals surface area contributed by atoms with Crippen LogP contribution in [0.4, 0.5) is 10.3 Å². The van der Waals surface area contributed by atoms with E-state index in [1.54, 1.807) is 18.2 Å². The van der Waals surface area contributed by atoms with Crippen LogP contribution in [0, 0.1) is 12.7 Å². The van der Waals surface area contributed by atoms with Crippen LogP contribution in [0.25, 0.3) is 0 Å². The molecular formula is C20H25FN4O. The van der Waals surface area contributed by atoms with E-state index in [0.29, 0.717) is 24.2 Å². The average molecular weight is 356 g/mol. The first-order valence-electron chi connectivity index (χ1n) is 9.21. The number of rotatable bonds is 5. The molecular weight excluding hydrogens is 331 g/mol. The first kappa shape index (κ1) is 18.3. The van der Waals surface area contributed by atoms with Gasteiger partial charge in [-0.1, -0.05) is 19.1 Å². The third-order valence-electron chi connectivity index (χ3n) is 4.80. The van der Waals surface area contributed by atoms with E-state index in [1.165, 1.54) is 18.6 Å². The van der Waals surface area contributed by atoms with Crippen molar-refractivity contribution >= 4 is 11.9 Å². The summed E-state index contributed by atoms with van der Waals surface area (Å²) in [5.74, 6) is 0.109. The third-order valence-corrected chi connectivity index (χ3v) is 4.80. The zero-order valence-electron chi connectivity index (χ0n) is 15.3. The Labute approximate surface area is 153 Å². The molecule has 138 valence electrons. The molecule has 3 rings (SSSR count). The van der Waals surface area contributed by atoms with Gasteiger partial charge in [0, 0.05) is 24.8 Å². The predicted molar refractivity (Wildman–Crippen MR) is 99.6 cm³/mol. The van der Waals surface area contributed by atoms with E-state index in [2.05, 4.69) is 27.1 Å². The summed E-state index contributed by atoms with van der Waals surface area (Å²) >= 11 is 0. The van der Waals surface area contributed by atoms with E-state index in [1.807, 2.05) is 6.92 Å². The lowest BCUT2D eigenvalue weighted by atomic mass is 10.0. The fourth-order valence-electron chi connectivity index (χ4n) is 3.36. The Balaban J connectivity index is 1.73. The lowest BCUT2D eigenvalue weighted by Gasteiger charge is -2.35. The molecule has 1 amide bonds. The number of hydrogen-bond acceptors (Lipinski definition) is 4. The van der Waals surface area contributed by atoms with Crippen LogP contribution in [0.3, 0.4) is 0 Å². The van der Waals surface area contributed by atoms with E-state index >= 15 is 0 Å². The summed E-state index contributed by atoms with van der Waals surface area (Å²) in [6.45, 7) is 5.32. The minimum absolute atomic E-state index is 0.244. The standard InChI is InChI=1S/C20H25FN4O/c1-3-17-6-4-5-11-25(17)20-23-14(2)12-18(24-20)19(26)22-13-15-7-9-16(21)10-8-15/h7-10,12,17H,3-6,11,13H2,1-2H3,(H,22,26). The van der Waals surface area contributed by atoms with E-state index in [9.17, 15) is 9.18 Å². The molecule has 2 aromatic rings. The minimum Gasteiger partial charge on any atom is -0.347 e. The van der Waals surface area contributed by atoms with Crippen molar-refractivity contribution < 1.29 is 9.18 Å². The maximum absolute atomic E-state index is 13.0. The summed E-state index contributed by atoms with van der Waals surface area (Å²) in [7, 11) is 0. The number of anilines is 1. The predicted octanol–water partition coefficient (Wildman–Crippen LogP) is 3.62. The van der Waals surface area contributed by atoms with Gasteiger partial charge in [-0.25, -0.2) is 14.4 Å². The number of aryl methyl sites for hydroxylation is 1. The minimum atomic E-state index is -0.289. The fourth-order valence-corrected chi connectivity index (χ4v) is 3.36. The molecule has 1 atom stereocenters. The Morgan fingerprint density at radius 2 is 2.04 bits per heavy atom. The second kappa shape index (κ2) is 8.25. The van der Waals surface area contributed by atoms with Crippen LogP contribution < -0.4 is 10.2 Å². The van der Waals surface area contributed by atoms with Gasteiger partial charge in [-0.2, -0.15) is 0 Å². The molecule has 2 heterocycles. The van der Waals surface area contributed by atoms with Gasteiger partial charge in [0.2, 0.25) is 5.95 Å². The van der Waals surface area contributed by atoms with Gasteiger partial charge in [0.15, 0.2) is 0 Å². The van der Waals surface area contributed by atoms with Crippen molar-refractivity contribution in [2.24, 2.45) is 0 Å². The van der Waals surface area contributed by atoms with E-state index in [0.717, 1.165) is 37.1 Å². The van der Waals surface area contributed by atoms with Crippen LogP contribution in [0.2, 0.25) is 0 Å². The Bertz CT molecular complexity index is 763. The van der Waals surface area contributed by atoms with Crippen LogP contribution in [0.1, 0.15) is 54.4 Å². The maximum atomic E-state index is 13.0. The van der Waals surface area contributed by atoms with E-state index < -0.39 is 0 Å². The molecule has 1 N–H and O–H groups in total. The summed E-state index contributed by atoms with van der Waals surface area (Å²) in [4.78, 5) is 23.8. The summed E-state index contributed by atoms with van der Waals surface area (Å²) in [6.07, 6.45) is 4.54. The molecule has 6 heteroatoms. The molecule has 0 radical (unpaired) electrons. The summed E-state index contributed by atoms with van der Waals surface area (Å²) in [5.41, 5.74) is 1.99. The quantitative estimate of drug-likeness (QED) is 0.889. The SMILES string of the molecule is CCC1CCCCN1c1nc(C)cc(C(=O)NCc2ccc(F)cc2)n1. The van der Waals surface area contributed by atoms with Gasteiger partial charge in [0.1, 0.15) is 11.5 Å². The topological polar surface area (TPSA) is 58.1 Å². The Morgan fingerprint density at radius 3 is 2.77 bits per heavy atom. The first-order valence-corrected chi connectivity index (χ1v) is 9.21. The lowest BCUT2D eigenvalue weighted by Crippen LogP contribution is -2.40. The lowest BCUT2D eigenvalue weighted by molar-refractivity contribution is 0.0945. The molecule has 0 bridgehead atoms. The molecule has 1 aliphatic heterocycles. The van der Waals surface area contributed by atoms with Gasteiger partial charge >= 0.3 is 0 Å². The summed E-state index contributed by atoms with van der Waals surface area (Å²) in [6, 6.07) is 8.22. The zero-order valence-corrected chi connectivity index (χ0v) is 15.3. The highest BCUT2D eigenvalue weighted by Crippen LogP contribution is 2.24. The molecule has 1 aromatic carbocycles. The normalized spacial score (nSPS) is 17.2. The molecule has 1 aliphatic rings. The number of carbonyl (C=O) groups excluding carboxylic acids is 1. The molecule has 0 spiro atoms. The van der Waals surface area contributed by atoms with Gasteiger partial charge in [0.05, 0.1) is 0 Å². The smallest absolute Gasteiger partial charge is 0.270 e. The Hall–Kier alpha value is -2.50. The van der Waals surface area contributed by atoms with E-state index in [4.69, 9.17) is 0 Å². The second-order valence-electron chi connectivity index (χ2n) is 6.75. The number of carbonyl (C=O) groups is 1. The van der Waals surface area contributed by atoms with Crippen LogP contribution >= 0.6 is 0 Å². The number of piperidine rings is 1. The first-order chi connectivity index (χ1) is 12.6. The van der Waals surface area contributed by atoms with Crippen molar-refractivity contribution in [1.29, 1.82) is 0 Å². The van der Waals surface area contributed by atoms with Crippen molar-refractivity contribution in [2.45, 2.75) is 52.1 Å². The highest BCUT2D eigenvalue weighted by atomic mass is 19.1. The molecule has 1 fully saturated rings. The fraction of sp³-hybridized carbons (Fsp3) is 0.450. The van der Waals surface area contributed by atoms with E-state index in [-0.39, 0.29) is 11.7 Å². The second-order valence-corrected chi connectivity index (χ2v) is 6.75. The summed E-state index contributed by atoms with van der Waals surface area (Å²) < 4.78 is 13.0. The van der Waals surface area contributed by atoms with Crippen molar-refractivity contribution in [3.05, 3.63) is 53.1 Å². The van der Waals surface area contributed by atoms with Crippen LogP contribution in [0.15, 0.2) is 30.3 Å². The number of aromatic nitrogens is 2. The maximum Gasteiger partial charge on any atom is 0.270 e. The number of halogens is 1. The number of nitrogens with zero attached hydrogens (tertiary/aromatic N) is 3. The molecule has 0 aliphatic carbocycles. The third kappa shape index (κ3) is 4.36. The van der Waals surface area contributed by atoms with Crippen LogP contribution in [-0.2, 0) is 6.54 Å². The Kier molecular flexibility index (Phi) is 5.81. The average Bonchev–Trinajstić information content (AvgIpc) is 2.66. The van der Waals surface area contributed by atoms with Gasteiger partial charge in [0.25, 0.3) is 5.91 Å². The van der Waals surface area contributed by atoms with Crippen LogP contribution in [-0.4, -0.2) is 28.5 Å². The number of amides is 1. The molecule has 1 unspecified atom stereocenters. The van der Waals surface area contributed by atoms with Gasteiger partial charge < -0.3 is 10.2 Å². The van der Waals surface area contributed by atoms with Gasteiger partial charge in [-0.3, -0.25) is 4.79 Å². The highest BCUT2D eigenvalue weighted by molar-refractivity contribution is 5.92. The molecule has 1 saturated heterocycles. The monoisotopic (exact) mass is 356 g/mol. The van der Waals surface area contributed by atoms with Gasteiger partial charge in [-0.15, -0.1) is 0 Å². The molecule has 1 aromatic heterocycles. The zero-order chi connectivity index (χ0) is 18.5. The molecule has 26 heavy (non-hydrogen) atoms. The van der Waals surface area contributed by atoms with Crippen molar-refractivity contribution in [3.8, 4) is 0 Å². The van der Waals surface area contributed by atoms with Crippen LogP contribution in [0.5, 0.6) is 0 Å². The van der Waals surface area contributed by atoms with Crippen molar-refractivity contribution in [2.75, 3.05) is 11.4 Å². The number of nitrogens with one attached hydrogen (secondary N) is 1. The van der Waals surface area contributed by atoms with Crippen molar-refractivity contribution in [1.82, 2.24) is 15.3 Å². The van der Waals surface area contributed by atoms with Crippen molar-refractivity contribution in [3.63, 3.8) is 0 Å². The molecule has 0 saturated carbocycles. The highest BCUT2D eigenvalue weighted by Gasteiger charge is 2.24.